The average molecular weight is 582 g/mol. The molecule has 2 aromatic carbocycles. The maximum Gasteiger partial charge on any atom is 0.341 e. The number of rotatable bonds is 12. The number of nitrogens with zero attached hydrogens (tertiary/aromatic N) is 1. The first-order valence-electron chi connectivity index (χ1n) is 13.1. The number of thiophene rings is 1. The number of aryl methyl sites for hydroxylation is 1. The number of carbonyl (C=O) groups is 3. The summed E-state index contributed by atoms with van der Waals surface area (Å²) in [5.74, 6) is 0.261. The average Bonchev–Trinajstić information content (AvgIpc) is 3.21. The third-order valence-electron chi connectivity index (χ3n) is 5.83. The van der Waals surface area contributed by atoms with Gasteiger partial charge in [-0.25, -0.2) is 10.2 Å². The van der Waals surface area contributed by atoms with E-state index in [1.165, 1.54) is 17.6 Å². The number of benzene rings is 2. The number of hydrazone groups is 1. The number of ether oxygens (including phenoxy) is 4. The molecule has 2 amide bonds. The molecule has 1 heterocycles. The van der Waals surface area contributed by atoms with Crippen LogP contribution in [0.2, 0.25) is 0 Å². The SMILES string of the molecule is CCOC(=O)c1c(NC(=O)c2ccc(OC(C)C(=O)NN=Cc3ccc(OC(C)C)c(OC)c3)cc2)sc(C)c1C. The monoisotopic (exact) mass is 581 g/mol. The normalized spacial score (nSPS) is 11.7. The second kappa shape index (κ2) is 14.3. The van der Waals surface area contributed by atoms with Crippen LogP contribution in [0.15, 0.2) is 47.6 Å². The molecule has 0 aliphatic heterocycles. The highest BCUT2D eigenvalue weighted by Gasteiger charge is 2.22. The molecule has 1 unspecified atom stereocenters. The van der Waals surface area contributed by atoms with E-state index in [0.29, 0.717) is 38.9 Å². The van der Waals surface area contributed by atoms with Crippen molar-refractivity contribution in [2.75, 3.05) is 19.0 Å². The van der Waals surface area contributed by atoms with Gasteiger partial charge in [0.1, 0.15) is 10.8 Å². The molecule has 0 fully saturated rings. The number of hydrogen-bond acceptors (Lipinski definition) is 9. The first-order chi connectivity index (χ1) is 19.5. The number of hydrogen-bond donors (Lipinski definition) is 2. The van der Waals surface area contributed by atoms with Crippen molar-refractivity contribution in [2.24, 2.45) is 5.10 Å². The summed E-state index contributed by atoms with van der Waals surface area (Å²) in [6.07, 6.45) is 0.639. The van der Waals surface area contributed by atoms with Gasteiger partial charge in [0.05, 0.1) is 31.6 Å². The van der Waals surface area contributed by atoms with E-state index in [0.717, 1.165) is 10.4 Å². The minimum absolute atomic E-state index is 0.00319. The molecule has 0 bridgehead atoms. The second-order valence-corrected chi connectivity index (χ2v) is 10.5. The second-order valence-electron chi connectivity index (χ2n) is 9.26. The van der Waals surface area contributed by atoms with Gasteiger partial charge in [-0.3, -0.25) is 9.59 Å². The molecule has 3 rings (SSSR count). The minimum atomic E-state index is -0.854. The van der Waals surface area contributed by atoms with Crippen molar-refractivity contribution in [3.8, 4) is 17.2 Å². The molecule has 0 aliphatic carbocycles. The van der Waals surface area contributed by atoms with Gasteiger partial charge >= 0.3 is 5.97 Å². The predicted octanol–water partition coefficient (Wildman–Crippen LogP) is 5.51. The Morgan fingerprint density at radius 1 is 1.00 bits per heavy atom. The lowest BCUT2D eigenvalue weighted by molar-refractivity contribution is -0.127. The molecule has 0 saturated heterocycles. The van der Waals surface area contributed by atoms with Gasteiger partial charge in [-0.15, -0.1) is 11.3 Å². The van der Waals surface area contributed by atoms with Crippen molar-refractivity contribution in [2.45, 2.75) is 53.8 Å². The Morgan fingerprint density at radius 3 is 2.34 bits per heavy atom. The first kappa shape index (κ1) is 31.2. The first-order valence-corrected chi connectivity index (χ1v) is 13.9. The molecule has 218 valence electrons. The van der Waals surface area contributed by atoms with Crippen molar-refractivity contribution in [1.82, 2.24) is 5.43 Å². The lowest BCUT2D eigenvalue weighted by Gasteiger charge is -2.14. The van der Waals surface area contributed by atoms with Crippen molar-refractivity contribution in [3.63, 3.8) is 0 Å². The largest absolute Gasteiger partial charge is 0.493 e. The quantitative estimate of drug-likeness (QED) is 0.164. The van der Waals surface area contributed by atoms with Crippen LogP contribution in [0.5, 0.6) is 17.2 Å². The van der Waals surface area contributed by atoms with Crippen LogP contribution in [-0.4, -0.2) is 49.9 Å². The van der Waals surface area contributed by atoms with Gasteiger partial charge in [-0.05, 0) is 95.1 Å². The van der Waals surface area contributed by atoms with E-state index in [9.17, 15) is 14.4 Å². The Kier molecular flexibility index (Phi) is 10.9. The van der Waals surface area contributed by atoms with Gasteiger partial charge in [-0.1, -0.05) is 0 Å². The summed E-state index contributed by atoms with van der Waals surface area (Å²) in [6.45, 7) is 11.1. The van der Waals surface area contributed by atoms with Crippen LogP contribution in [0.3, 0.4) is 0 Å². The Bertz CT molecular complexity index is 1410. The molecule has 2 N–H and O–H groups in total. The summed E-state index contributed by atoms with van der Waals surface area (Å²) < 4.78 is 21.9. The summed E-state index contributed by atoms with van der Waals surface area (Å²) in [6, 6.07) is 11.7. The lowest BCUT2D eigenvalue weighted by Crippen LogP contribution is -2.33. The maximum atomic E-state index is 12.9. The topological polar surface area (TPSA) is 125 Å². The summed E-state index contributed by atoms with van der Waals surface area (Å²) in [7, 11) is 1.55. The molecule has 0 spiro atoms. The highest BCUT2D eigenvalue weighted by molar-refractivity contribution is 7.16. The molecule has 41 heavy (non-hydrogen) atoms. The third-order valence-corrected chi connectivity index (χ3v) is 6.95. The molecular weight excluding hydrogens is 546 g/mol. The van der Waals surface area contributed by atoms with Gasteiger partial charge in [0.15, 0.2) is 17.6 Å². The lowest BCUT2D eigenvalue weighted by atomic mass is 10.1. The number of amides is 2. The minimum Gasteiger partial charge on any atom is -0.493 e. The summed E-state index contributed by atoms with van der Waals surface area (Å²) in [4.78, 5) is 38.6. The van der Waals surface area contributed by atoms with Crippen LogP contribution in [0.4, 0.5) is 5.00 Å². The molecule has 0 saturated carbocycles. The predicted molar refractivity (Wildman–Crippen MR) is 159 cm³/mol. The summed E-state index contributed by atoms with van der Waals surface area (Å²) in [5.41, 5.74) is 4.66. The van der Waals surface area contributed by atoms with Gasteiger partial charge < -0.3 is 24.3 Å². The standard InChI is InChI=1S/C30H35N3O7S/c1-8-38-30(36)26-18(4)20(6)41-29(26)32-28(35)22-10-12-23(13-11-22)40-19(5)27(34)33-31-16-21-9-14-24(39-17(2)3)25(15-21)37-7/h9-17,19H,8H2,1-7H3,(H,32,35)(H,33,34). The fourth-order valence-corrected chi connectivity index (χ4v) is 4.70. The van der Waals surface area contributed by atoms with Crippen LogP contribution in [-0.2, 0) is 9.53 Å². The number of nitrogens with one attached hydrogen (secondary N) is 2. The van der Waals surface area contributed by atoms with Crippen molar-refractivity contribution < 1.29 is 33.3 Å². The van der Waals surface area contributed by atoms with Crippen molar-refractivity contribution in [3.05, 3.63) is 69.6 Å². The molecule has 0 aliphatic rings. The van der Waals surface area contributed by atoms with Crippen LogP contribution in [0.25, 0.3) is 0 Å². The maximum absolute atomic E-state index is 12.9. The van der Waals surface area contributed by atoms with Gasteiger partial charge in [-0.2, -0.15) is 5.10 Å². The zero-order valence-corrected chi connectivity index (χ0v) is 25.0. The van der Waals surface area contributed by atoms with Crippen molar-refractivity contribution >= 4 is 40.3 Å². The van der Waals surface area contributed by atoms with E-state index in [4.69, 9.17) is 18.9 Å². The fraction of sp³-hybridized carbons (Fsp3) is 0.333. The Morgan fingerprint density at radius 2 is 1.71 bits per heavy atom. The zero-order chi connectivity index (χ0) is 30.1. The number of carbonyl (C=O) groups excluding carboxylic acids is 3. The summed E-state index contributed by atoms with van der Waals surface area (Å²) >= 11 is 1.32. The molecule has 0 radical (unpaired) electrons. The van der Waals surface area contributed by atoms with E-state index in [-0.39, 0.29) is 18.6 Å². The molecule has 1 aromatic heterocycles. The van der Waals surface area contributed by atoms with Crippen LogP contribution < -0.4 is 25.0 Å². The van der Waals surface area contributed by atoms with Crippen molar-refractivity contribution in [1.29, 1.82) is 0 Å². The Balaban J connectivity index is 1.57. The Hall–Kier alpha value is -4.38. The van der Waals surface area contributed by atoms with E-state index in [1.54, 1.807) is 63.4 Å². The van der Waals surface area contributed by atoms with Gasteiger partial charge in [0, 0.05) is 10.4 Å². The van der Waals surface area contributed by atoms with E-state index >= 15 is 0 Å². The molecular formula is C30H35N3O7S. The third kappa shape index (κ3) is 8.31. The van der Waals surface area contributed by atoms with Gasteiger partial charge in [0.2, 0.25) is 0 Å². The van der Waals surface area contributed by atoms with E-state index < -0.39 is 18.0 Å². The van der Waals surface area contributed by atoms with Crippen LogP contribution in [0.1, 0.15) is 64.4 Å². The number of esters is 1. The molecule has 11 heteroatoms. The van der Waals surface area contributed by atoms with E-state index in [1.807, 2.05) is 27.7 Å². The fourth-order valence-electron chi connectivity index (χ4n) is 3.66. The molecule has 1 atom stereocenters. The van der Waals surface area contributed by atoms with Crippen LogP contribution in [0, 0.1) is 13.8 Å². The number of methoxy groups -OCH3 is 1. The van der Waals surface area contributed by atoms with Gasteiger partial charge in [0.25, 0.3) is 11.8 Å². The highest BCUT2D eigenvalue weighted by Crippen LogP contribution is 2.33. The molecule has 10 nitrogen and oxygen atoms in total. The smallest absolute Gasteiger partial charge is 0.341 e. The highest BCUT2D eigenvalue weighted by atomic mass is 32.1. The Labute approximate surface area is 243 Å². The zero-order valence-electron chi connectivity index (χ0n) is 24.2. The summed E-state index contributed by atoms with van der Waals surface area (Å²) in [5, 5.41) is 7.24. The van der Waals surface area contributed by atoms with Crippen LogP contribution >= 0.6 is 11.3 Å². The van der Waals surface area contributed by atoms with E-state index in [2.05, 4.69) is 15.8 Å². The molecule has 3 aromatic rings. The number of anilines is 1.